The number of benzene rings is 1. The van der Waals surface area contributed by atoms with Crippen molar-refractivity contribution < 1.29 is 22.7 Å². The largest absolute Gasteiger partial charge is 0.486 e. The molecule has 1 atom stereocenters. The molecule has 158 valence electrons. The number of ether oxygens (including phenoxy) is 1. The molecule has 0 amide bonds. The average Bonchev–Trinajstić information content (AvgIpc) is 2.74. The molecule has 1 aliphatic heterocycles. The number of ketones is 1. The first-order chi connectivity index (χ1) is 14.1. The van der Waals surface area contributed by atoms with Gasteiger partial charge in [-0.25, -0.2) is 9.36 Å². The van der Waals surface area contributed by atoms with E-state index in [-0.39, 0.29) is 24.0 Å². The van der Waals surface area contributed by atoms with Gasteiger partial charge in [0.1, 0.15) is 18.1 Å². The topological polar surface area (TPSA) is 70.3 Å². The highest BCUT2D eigenvalue weighted by molar-refractivity contribution is 5.80. The number of terminal acetylenes is 1. The highest BCUT2D eigenvalue weighted by Crippen LogP contribution is 2.29. The molecule has 0 bridgehead atoms. The molecule has 0 fully saturated rings. The number of rotatable bonds is 2. The first-order valence-electron chi connectivity index (χ1n) is 9.23. The maximum atomic E-state index is 13.1. The third-order valence-corrected chi connectivity index (χ3v) is 5.05. The molecule has 0 aliphatic carbocycles. The highest BCUT2D eigenvalue weighted by atomic mass is 19.4. The van der Waals surface area contributed by atoms with Crippen molar-refractivity contribution in [3.63, 3.8) is 0 Å². The molecule has 0 saturated heterocycles. The van der Waals surface area contributed by atoms with Gasteiger partial charge in [0, 0.05) is 26.0 Å². The summed E-state index contributed by atoms with van der Waals surface area (Å²) >= 11 is 0. The molecule has 2 aromatic rings. The minimum Gasteiger partial charge on any atom is -0.486 e. The van der Waals surface area contributed by atoms with Crippen molar-refractivity contribution in [1.82, 2.24) is 9.13 Å². The first-order valence-corrected chi connectivity index (χ1v) is 9.23. The lowest BCUT2D eigenvalue weighted by atomic mass is 9.91. The molecule has 3 rings (SSSR count). The lowest BCUT2D eigenvalue weighted by Crippen LogP contribution is -2.40. The summed E-state index contributed by atoms with van der Waals surface area (Å²) < 4.78 is 45.8. The van der Waals surface area contributed by atoms with Crippen molar-refractivity contribution in [2.24, 2.45) is 13.0 Å². The molecule has 9 heteroatoms. The zero-order chi connectivity index (χ0) is 22.1. The van der Waals surface area contributed by atoms with Gasteiger partial charge in [-0.05, 0) is 42.5 Å². The molecular formula is C21H19F3N2O4. The standard InChI is InChI=1S/C21H19F3N2O4/c1-3-4-13-5-7-16(27)12-30-17-8-6-15(10-14(17)9-13)26-19(28)11-18(21(22,23)24)25(2)20(26)29/h1,6,8,10-11,13H,4-5,7,9,12H2,2H3/t13-/m0/s1. The van der Waals surface area contributed by atoms with E-state index in [4.69, 9.17) is 11.2 Å². The van der Waals surface area contributed by atoms with Crippen molar-refractivity contribution in [2.45, 2.75) is 31.9 Å². The Morgan fingerprint density at radius 3 is 2.63 bits per heavy atom. The summed E-state index contributed by atoms with van der Waals surface area (Å²) in [6.07, 6.45) is 2.35. The summed E-state index contributed by atoms with van der Waals surface area (Å²) in [7, 11) is 0.955. The van der Waals surface area contributed by atoms with Gasteiger partial charge in [0.05, 0.1) is 5.69 Å². The molecule has 0 spiro atoms. The number of nitrogens with zero attached hydrogens (tertiary/aromatic N) is 2. The Hall–Kier alpha value is -3.28. The van der Waals surface area contributed by atoms with Crippen LogP contribution in [0.15, 0.2) is 33.9 Å². The lowest BCUT2D eigenvalue weighted by molar-refractivity contribution is -0.144. The zero-order valence-electron chi connectivity index (χ0n) is 16.2. The summed E-state index contributed by atoms with van der Waals surface area (Å²) in [5, 5.41) is 0. The lowest BCUT2D eigenvalue weighted by Gasteiger charge is -2.17. The fourth-order valence-corrected chi connectivity index (χ4v) is 3.49. The second-order valence-corrected chi connectivity index (χ2v) is 7.18. The van der Waals surface area contributed by atoms with Crippen molar-refractivity contribution >= 4 is 5.78 Å². The summed E-state index contributed by atoms with van der Waals surface area (Å²) in [6, 6.07) is 4.80. The molecule has 0 radical (unpaired) electrons. The van der Waals surface area contributed by atoms with E-state index in [0.29, 0.717) is 52.2 Å². The number of carbonyl (C=O) groups is 1. The number of halogens is 3. The van der Waals surface area contributed by atoms with Gasteiger partial charge in [0.15, 0.2) is 5.78 Å². The normalized spacial score (nSPS) is 17.2. The van der Waals surface area contributed by atoms with E-state index in [9.17, 15) is 27.6 Å². The number of alkyl halides is 3. The molecular weight excluding hydrogens is 401 g/mol. The minimum atomic E-state index is -4.83. The predicted octanol–water partition coefficient (Wildman–Crippen LogP) is 2.48. The Morgan fingerprint density at radius 1 is 1.23 bits per heavy atom. The van der Waals surface area contributed by atoms with Gasteiger partial charge in [0.2, 0.25) is 0 Å². The molecule has 30 heavy (non-hydrogen) atoms. The smallest absolute Gasteiger partial charge is 0.431 e. The molecule has 2 heterocycles. The number of hydrogen-bond acceptors (Lipinski definition) is 4. The van der Waals surface area contributed by atoms with E-state index < -0.39 is 23.1 Å². The van der Waals surface area contributed by atoms with Crippen LogP contribution in [0.3, 0.4) is 0 Å². The summed E-state index contributed by atoms with van der Waals surface area (Å²) in [4.78, 5) is 36.8. The molecule has 1 aliphatic rings. The highest BCUT2D eigenvalue weighted by Gasteiger charge is 2.35. The fourth-order valence-electron chi connectivity index (χ4n) is 3.49. The second-order valence-electron chi connectivity index (χ2n) is 7.18. The fraction of sp³-hybridized carbons (Fsp3) is 0.381. The SMILES string of the molecule is C#CC[C@H]1CCC(=O)COc2ccc(-n3c(=O)cc(C(F)(F)F)n(C)c3=O)cc2C1. The van der Waals surface area contributed by atoms with Gasteiger partial charge < -0.3 is 4.74 Å². The van der Waals surface area contributed by atoms with Crippen molar-refractivity contribution in [3.8, 4) is 23.8 Å². The van der Waals surface area contributed by atoms with Crippen LogP contribution in [0.25, 0.3) is 5.69 Å². The van der Waals surface area contributed by atoms with Gasteiger partial charge in [-0.3, -0.25) is 14.2 Å². The van der Waals surface area contributed by atoms with Crippen LogP contribution >= 0.6 is 0 Å². The van der Waals surface area contributed by atoms with Crippen molar-refractivity contribution in [1.29, 1.82) is 0 Å². The molecule has 0 unspecified atom stereocenters. The van der Waals surface area contributed by atoms with Crippen molar-refractivity contribution in [2.75, 3.05) is 6.61 Å². The minimum absolute atomic E-state index is 0.0122. The quantitative estimate of drug-likeness (QED) is 0.700. The number of carbonyl (C=O) groups excluding carboxylic acids is 1. The Morgan fingerprint density at radius 2 is 1.97 bits per heavy atom. The van der Waals surface area contributed by atoms with Crippen LogP contribution in [0.5, 0.6) is 5.75 Å². The first kappa shape index (κ1) is 21.4. The number of Topliss-reactive ketones (excluding diaryl/α,β-unsaturated/α-hetero) is 1. The van der Waals surface area contributed by atoms with E-state index in [1.165, 1.54) is 18.2 Å². The molecule has 1 aromatic carbocycles. The van der Waals surface area contributed by atoms with Gasteiger partial charge in [0.25, 0.3) is 5.56 Å². The third-order valence-electron chi connectivity index (χ3n) is 5.05. The number of aromatic nitrogens is 2. The Bertz CT molecular complexity index is 1140. The average molecular weight is 420 g/mol. The van der Waals surface area contributed by atoms with Crippen LogP contribution in [-0.2, 0) is 24.4 Å². The molecule has 0 N–H and O–H groups in total. The number of fused-ring (bicyclic) bond motifs is 1. The summed E-state index contributed by atoms with van der Waals surface area (Å²) in [5.74, 6) is 2.91. The Balaban J connectivity index is 2.12. The molecule has 0 saturated carbocycles. The second kappa shape index (κ2) is 8.22. The summed E-state index contributed by atoms with van der Waals surface area (Å²) in [5.41, 5.74) is -2.80. The van der Waals surface area contributed by atoms with Gasteiger partial charge in [-0.1, -0.05) is 0 Å². The molecule has 1 aromatic heterocycles. The van der Waals surface area contributed by atoms with Gasteiger partial charge in [-0.15, -0.1) is 12.3 Å². The predicted molar refractivity (Wildman–Crippen MR) is 103 cm³/mol. The maximum Gasteiger partial charge on any atom is 0.431 e. The van der Waals surface area contributed by atoms with E-state index in [0.717, 1.165) is 7.05 Å². The third kappa shape index (κ3) is 4.32. The van der Waals surface area contributed by atoms with Crippen LogP contribution in [0.4, 0.5) is 13.2 Å². The van der Waals surface area contributed by atoms with E-state index in [1.54, 1.807) is 0 Å². The van der Waals surface area contributed by atoms with Crippen LogP contribution in [-0.4, -0.2) is 21.5 Å². The monoisotopic (exact) mass is 420 g/mol. The molecule has 6 nitrogen and oxygen atoms in total. The van der Waals surface area contributed by atoms with E-state index in [2.05, 4.69) is 5.92 Å². The van der Waals surface area contributed by atoms with Crippen LogP contribution in [0, 0.1) is 18.3 Å². The summed E-state index contributed by atoms with van der Waals surface area (Å²) in [6.45, 7) is -0.114. The van der Waals surface area contributed by atoms with Gasteiger partial charge >= 0.3 is 11.9 Å². The van der Waals surface area contributed by atoms with Crippen molar-refractivity contribution in [3.05, 3.63) is 56.4 Å². The van der Waals surface area contributed by atoms with Crippen LogP contribution in [0.1, 0.15) is 30.5 Å². The number of hydrogen-bond donors (Lipinski definition) is 0. The van der Waals surface area contributed by atoms with Crippen LogP contribution < -0.4 is 16.0 Å². The van der Waals surface area contributed by atoms with E-state index in [1.807, 2.05) is 0 Å². The van der Waals surface area contributed by atoms with E-state index >= 15 is 0 Å². The van der Waals surface area contributed by atoms with Gasteiger partial charge in [-0.2, -0.15) is 13.2 Å². The Labute approximate surface area is 169 Å². The maximum absolute atomic E-state index is 13.1. The van der Waals surface area contributed by atoms with Crippen LogP contribution in [0.2, 0.25) is 0 Å². The zero-order valence-corrected chi connectivity index (χ0v) is 16.2. The Kier molecular flexibility index (Phi) is 5.87.